The Morgan fingerprint density at radius 1 is 1.22 bits per heavy atom. The molecule has 1 heterocycles. The maximum absolute atomic E-state index is 8.77. The second-order valence-corrected chi connectivity index (χ2v) is 5.81. The van der Waals surface area contributed by atoms with Crippen molar-refractivity contribution in [3.05, 3.63) is 36.0 Å². The number of aromatic amines is 1. The fourth-order valence-electron chi connectivity index (χ4n) is 2.45. The molecule has 0 saturated carbocycles. The van der Waals surface area contributed by atoms with E-state index in [1.165, 1.54) is 18.4 Å². The molecular formula is C18H27N3O2. The van der Waals surface area contributed by atoms with Crippen LogP contribution in [0.1, 0.15) is 31.7 Å². The Kier molecular flexibility index (Phi) is 7.10. The molecule has 2 N–H and O–H groups in total. The van der Waals surface area contributed by atoms with Crippen LogP contribution in [-0.4, -0.2) is 47.0 Å². The van der Waals surface area contributed by atoms with E-state index in [9.17, 15) is 0 Å². The Morgan fingerprint density at radius 3 is 2.70 bits per heavy atom. The van der Waals surface area contributed by atoms with Crippen LogP contribution >= 0.6 is 0 Å². The molecule has 0 aliphatic heterocycles. The van der Waals surface area contributed by atoms with Crippen LogP contribution in [0, 0.1) is 0 Å². The number of aromatic nitrogens is 2. The summed E-state index contributed by atoms with van der Waals surface area (Å²) in [6, 6.07) is 7.99. The lowest BCUT2D eigenvalue weighted by molar-refractivity contribution is 0.233. The predicted octanol–water partition coefficient (Wildman–Crippen LogP) is 3.07. The van der Waals surface area contributed by atoms with Gasteiger partial charge < -0.3 is 14.7 Å². The van der Waals surface area contributed by atoms with E-state index < -0.39 is 0 Å². The Labute approximate surface area is 138 Å². The lowest BCUT2D eigenvalue weighted by Crippen LogP contribution is -2.19. The summed E-state index contributed by atoms with van der Waals surface area (Å²) in [6.07, 6.45) is 4.98. The number of hydrogen-bond donors (Lipinski definition) is 2. The van der Waals surface area contributed by atoms with E-state index in [2.05, 4.69) is 29.1 Å². The standard InChI is InChI=1S/C18H27N3O2/c1-3-4-10-21(2)14-16-13-19-20-18(16)15-6-8-17(9-7-15)23-12-5-11-22/h6-9,13,22H,3-5,10-12,14H2,1-2H3,(H,19,20). The van der Waals surface area contributed by atoms with Gasteiger partial charge in [-0.2, -0.15) is 5.10 Å². The molecule has 0 spiro atoms. The first-order chi connectivity index (χ1) is 11.2. The van der Waals surface area contributed by atoms with Crippen molar-refractivity contribution in [3.8, 4) is 17.0 Å². The molecule has 0 fully saturated rings. The van der Waals surface area contributed by atoms with E-state index in [1.807, 2.05) is 30.5 Å². The largest absolute Gasteiger partial charge is 0.494 e. The number of benzene rings is 1. The maximum atomic E-state index is 8.77. The van der Waals surface area contributed by atoms with E-state index in [0.717, 1.165) is 30.1 Å². The van der Waals surface area contributed by atoms with E-state index in [4.69, 9.17) is 9.84 Å². The molecule has 5 nitrogen and oxygen atoms in total. The van der Waals surface area contributed by atoms with Crippen molar-refractivity contribution in [2.24, 2.45) is 0 Å². The molecule has 0 saturated heterocycles. The van der Waals surface area contributed by atoms with Gasteiger partial charge in [0.1, 0.15) is 5.75 Å². The van der Waals surface area contributed by atoms with Crippen LogP contribution < -0.4 is 4.74 Å². The van der Waals surface area contributed by atoms with Gasteiger partial charge in [0.2, 0.25) is 0 Å². The minimum atomic E-state index is 0.154. The summed E-state index contributed by atoms with van der Waals surface area (Å²) >= 11 is 0. The summed E-state index contributed by atoms with van der Waals surface area (Å²) in [5, 5.41) is 16.1. The molecule has 0 radical (unpaired) electrons. The maximum Gasteiger partial charge on any atom is 0.119 e. The van der Waals surface area contributed by atoms with E-state index in [1.54, 1.807) is 0 Å². The van der Waals surface area contributed by atoms with Crippen molar-refractivity contribution < 1.29 is 9.84 Å². The van der Waals surface area contributed by atoms with Crippen LogP contribution in [0.25, 0.3) is 11.3 Å². The summed E-state index contributed by atoms with van der Waals surface area (Å²) in [7, 11) is 2.14. The molecule has 2 aromatic rings. The molecule has 126 valence electrons. The van der Waals surface area contributed by atoms with Gasteiger partial charge in [-0.3, -0.25) is 5.10 Å². The highest BCUT2D eigenvalue weighted by Gasteiger charge is 2.10. The average Bonchev–Trinajstić information content (AvgIpc) is 3.02. The van der Waals surface area contributed by atoms with Gasteiger partial charge in [-0.1, -0.05) is 13.3 Å². The quantitative estimate of drug-likeness (QED) is 0.661. The summed E-state index contributed by atoms with van der Waals surface area (Å²) in [4.78, 5) is 2.32. The van der Waals surface area contributed by atoms with Crippen LogP contribution in [0.2, 0.25) is 0 Å². The Bertz CT molecular complexity index is 566. The fourth-order valence-corrected chi connectivity index (χ4v) is 2.45. The Hall–Kier alpha value is -1.85. The van der Waals surface area contributed by atoms with Crippen molar-refractivity contribution >= 4 is 0 Å². The highest BCUT2D eigenvalue weighted by molar-refractivity contribution is 5.63. The lowest BCUT2D eigenvalue weighted by Gasteiger charge is -2.16. The Morgan fingerprint density at radius 2 is 2.00 bits per heavy atom. The van der Waals surface area contributed by atoms with Crippen molar-refractivity contribution in [3.63, 3.8) is 0 Å². The zero-order chi connectivity index (χ0) is 16.5. The first-order valence-electron chi connectivity index (χ1n) is 8.29. The van der Waals surface area contributed by atoms with E-state index >= 15 is 0 Å². The molecular weight excluding hydrogens is 290 g/mol. The van der Waals surface area contributed by atoms with Gasteiger partial charge in [-0.15, -0.1) is 0 Å². The molecule has 0 bridgehead atoms. The van der Waals surface area contributed by atoms with Gasteiger partial charge in [0.15, 0.2) is 0 Å². The van der Waals surface area contributed by atoms with Gasteiger partial charge >= 0.3 is 0 Å². The number of nitrogens with one attached hydrogen (secondary N) is 1. The second kappa shape index (κ2) is 9.33. The molecule has 0 aliphatic rings. The van der Waals surface area contributed by atoms with Crippen LogP contribution in [0.15, 0.2) is 30.5 Å². The van der Waals surface area contributed by atoms with Crippen molar-refractivity contribution in [1.82, 2.24) is 15.1 Å². The molecule has 0 aliphatic carbocycles. The third kappa shape index (κ3) is 5.37. The molecule has 1 aromatic heterocycles. The molecule has 0 amide bonds. The third-order valence-electron chi connectivity index (χ3n) is 3.77. The molecule has 2 rings (SSSR count). The molecule has 23 heavy (non-hydrogen) atoms. The van der Waals surface area contributed by atoms with Crippen LogP contribution in [-0.2, 0) is 6.54 Å². The second-order valence-electron chi connectivity index (χ2n) is 5.81. The fraction of sp³-hybridized carbons (Fsp3) is 0.500. The lowest BCUT2D eigenvalue weighted by atomic mass is 10.1. The highest BCUT2D eigenvalue weighted by Crippen LogP contribution is 2.24. The van der Waals surface area contributed by atoms with Crippen LogP contribution in [0.4, 0.5) is 0 Å². The van der Waals surface area contributed by atoms with Crippen molar-refractivity contribution in [1.29, 1.82) is 0 Å². The Balaban J connectivity index is 2.00. The third-order valence-corrected chi connectivity index (χ3v) is 3.77. The number of H-pyrrole nitrogens is 1. The summed E-state index contributed by atoms with van der Waals surface area (Å²) in [5.41, 5.74) is 3.38. The highest BCUT2D eigenvalue weighted by atomic mass is 16.5. The van der Waals surface area contributed by atoms with Gasteiger partial charge in [0.25, 0.3) is 0 Å². The van der Waals surface area contributed by atoms with Gasteiger partial charge in [0, 0.05) is 30.7 Å². The summed E-state index contributed by atoms with van der Waals surface area (Å²) < 4.78 is 5.56. The van der Waals surface area contributed by atoms with E-state index in [-0.39, 0.29) is 6.61 Å². The van der Waals surface area contributed by atoms with Gasteiger partial charge in [-0.05, 0) is 44.3 Å². The number of hydrogen-bond acceptors (Lipinski definition) is 4. The molecule has 1 aromatic carbocycles. The smallest absolute Gasteiger partial charge is 0.119 e. The summed E-state index contributed by atoms with van der Waals surface area (Å²) in [6.45, 7) is 4.88. The number of aliphatic hydroxyl groups excluding tert-OH is 1. The summed E-state index contributed by atoms with van der Waals surface area (Å²) in [5.74, 6) is 0.823. The van der Waals surface area contributed by atoms with Gasteiger partial charge in [-0.25, -0.2) is 0 Å². The zero-order valence-electron chi connectivity index (χ0n) is 14.1. The average molecular weight is 317 g/mol. The van der Waals surface area contributed by atoms with Crippen molar-refractivity contribution in [2.75, 3.05) is 26.8 Å². The normalized spacial score (nSPS) is 11.1. The minimum absolute atomic E-state index is 0.154. The molecule has 0 unspecified atom stereocenters. The van der Waals surface area contributed by atoms with Gasteiger partial charge in [0.05, 0.1) is 18.5 Å². The number of aliphatic hydroxyl groups is 1. The van der Waals surface area contributed by atoms with Crippen LogP contribution in [0.3, 0.4) is 0 Å². The zero-order valence-corrected chi connectivity index (χ0v) is 14.1. The van der Waals surface area contributed by atoms with E-state index in [0.29, 0.717) is 13.0 Å². The number of nitrogens with zero attached hydrogens (tertiary/aromatic N) is 2. The predicted molar refractivity (Wildman–Crippen MR) is 92.5 cm³/mol. The number of unbranched alkanes of at least 4 members (excludes halogenated alkanes) is 1. The monoisotopic (exact) mass is 317 g/mol. The number of ether oxygens (including phenoxy) is 1. The number of rotatable bonds is 10. The minimum Gasteiger partial charge on any atom is -0.494 e. The first-order valence-corrected chi connectivity index (χ1v) is 8.29. The molecule has 5 heteroatoms. The van der Waals surface area contributed by atoms with Crippen LogP contribution in [0.5, 0.6) is 5.75 Å². The van der Waals surface area contributed by atoms with Crippen molar-refractivity contribution in [2.45, 2.75) is 32.7 Å². The topological polar surface area (TPSA) is 61.4 Å². The molecule has 0 atom stereocenters. The SMILES string of the molecule is CCCCN(C)Cc1cn[nH]c1-c1ccc(OCCCO)cc1. The first kappa shape index (κ1) is 17.5.